The number of hydrogen-bond acceptors (Lipinski definition) is 4. The molecule has 0 aromatic heterocycles. The third kappa shape index (κ3) is 3.00. The molecule has 0 saturated carbocycles. The van der Waals surface area contributed by atoms with Gasteiger partial charge in [-0.15, -0.1) is 0 Å². The average molecular weight is 190 g/mol. The SMILES string of the molecule is CO.C[C@@H]1NC(=O)[C@H](CO)NC1=O. The van der Waals surface area contributed by atoms with E-state index in [-0.39, 0.29) is 18.4 Å². The number of rotatable bonds is 1. The van der Waals surface area contributed by atoms with Crippen LogP contribution in [0.3, 0.4) is 0 Å². The summed E-state index contributed by atoms with van der Waals surface area (Å²) in [6, 6.07) is -1.27. The van der Waals surface area contributed by atoms with E-state index in [0.29, 0.717) is 0 Å². The minimum atomic E-state index is -0.779. The van der Waals surface area contributed by atoms with Crippen LogP contribution in [0.5, 0.6) is 0 Å². The highest BCUT2D eigenvalue weighted by atomic mass is 16.3. The van der Waals surface area contributed by atoms with Gasteiger partial charge in [0.15, 0.2) is 0 Å². The molecule has 1 rings (SSSR count). The Morgan fingerprint density at radius 1 is 1.23 bits per heavy atom. The van der Waals surface area contributed by atoms with Crippen molar-refractivity contribution in [1.82, 2.24) is 10.6 Å². The van der Waals surface area contributed by atoms with Crippen LogP contribution < -0.4 is 10.6 Å². The summed E-state index contributed by atoms with van der Waals surface area (Å²) >= 11 is 0. The molecule has 1 aliphatic rings. The molecule has 1 fully saturated rings. The number of nitrogens with one attached hydrogen (secondary N) is 2. The molecule has 1 aliphatic heterocycles. The van der Waals surface area contributed by atoms with Crippen LogP contribution in [0.2, 0.25) is 0 Å². The van der Waals surface area contributed by atoms with Crippen molar-refractivity contribution in [2.75, 3.05) is 13.7 Å². The molecule has 0 aromatic carbocycles. The van der Waals surface area contributed by atoms with Gasteiger partial charge < -0.3 is 20.8 Å². The lowest BCUT2D eigenvalue weighted by atomic mass is 10.1. The van der Waals surface area contributed by atoms with E-state index in [1.165, 1.54) is 0 Å². The predicted octanol–water partition coefficient (Wildman–Crippen LogP) is -2.41. The first-order chi connectivity index (χ1) is 6.15. The molecule has 76 valence electrons. The zero-order chi connectivity index (χ0) is 10.4. The van der Waals surface area contributed by atoms with Gasteiger partial charge in [0.2, 0.25) is 11.8 Å². The number of amides is 2. The van der Waals surface area contributed by atoms with Crippen molar-refractivity contribution in [3.05, 3.63) is 0 Å². The van der Waals surface area contributed by atoms with E-state index in [0.717, 1.165) is 7.11 Å². The van der Waals surface area contributed by atoms with E-state index in [4.69, 9.17) is 10.2 Å². The number of carbonyl (C=O) groups is 2. The first kappa shape index (κ1) is 11.9. The zero-order valence-electron chi connectivity index (χ0n) is 7.57. The highest BCUT2D eigenvalue weighted by molar-refractivity contribution is 5.96. The molecule has 13 heavy (non-hydrogen) atoms. The van der Waals surface area contributed by atoms with Gasteiger partial charge in [0.1, 0.15) is 12.1 Å². The number of carbonyl (C=O) groups excluding carboxylic acids is 2. The summed E-state index contributed by atoms with van der Waals surface area (Å²) in [5, 5.41) is 20.4. The van der Waals surface area contributed by atoms with Crippen molar-refractivity contribution in [1.29, 1.82) is 0 Å². The summed E-state index contributed by atoms with van der Waals surface area (Å²) in [5.41, 5.74) is 0. The van der Waals surface area contributed by atoms with Gasteiger partial charge >= 0.3 is 0 Å². The van der Waals surface area contributed by atoms with Gasteiger partial charge in [-0.2, -0.15) is 0 Å². The summed E-state index contributed by atoms with van der Waals surface area (Å²) in [4.78, 5) is 21.8. The molecule has 6 nitrogen and oxygen atoms in total. The fourth-order valence-electron chi connectivity index (χ4n) is 0.870. The van der Waals surface area contributed by atoms with Gasteiger partial charge in [-0.05, 0) is 6.92 Å². The second-order valence-corrected chi connectivity index (χ2v) is 2.47. The fraction of sp³-hybridized carbons (Fsp3) is 0.714. The lowest BCUT2D eigenvalue weighted by Gasteiger charge is -2.25. The van der Waals surface area contributed by atoms with Crippen molar-refractivity contribution in [2.24, 2.45) is 0 Å². The monoisotopic (exact) mass is 190 g/mol. The Hall–Kier alpha value is -1.14. The van der Waals surface area contributed by atoms with E-state index in [1.807, 2.05) is 0 Å². The molecule has 1 heterocycles. The standard InChI is InChI=1S/C6H10N2O3.CH4O/c1-3-5(10)8-4(2-9)6(11)7-3;1-2/h3-4,9H,2H2,1H3,(H,7,11)(H,8,10);2H,1H3/t3-,4-;/m0./s1. The summed E-state index contributed by atoms with van der Waals surface area (Å²) < 4.78 is 0. The smallest absolute Gasteiger partial charge is 0.245 e. The van der Waals surface area contributed by atoms with Crippen LogP contribution in [0.25, 0.3) is 0 Å². The van der Waals surface area contributed by atoms with Gasteiger partial charge in [-0.3, -0.25) is 9.59 Å². The molecule has 6 heteroatoms. The summed E-state index contributed by atoms with van der Waals surface area (Å²) in [6.07, 6.45) is 0. The van der Waals surface area contributed by atoms with Crippen LogP contribution >= 0.6 is 0 Å². The van der Waals surface area contributed by atoms with Gasteiger partial charge in [0.05, 0.1) is 6.61 Å². The normalized spacial score (nSPS) is 26.8. The second-order valence-electron chi connectivity index (χ2n) is 2.47. The topological polar surface area (TPSA) is 98.7 Å². The van der Waals surface area contributed by atoms with Gasteiger partial charge in [-0.25, -0.2) is 0 Å². The van der Waals surface area contributed by atoms with E-state index < -0.39 is 12.1 Å². The summed E-state index contributed by atoms with van der Waals surface area (Å²) in [5.74, 6) is -0.594. The first-order valence-electron chi connectivity index (χ1n) is 3.81. The van der Waals surface area contributed by atoms with Crippen LogP contribution in [-0.2, 0) is 9.59 Å². The molecule has 1 saturated heterocycles. The van der Waals surface area contributed by atoms with Gasteiger partial charge in [-0.1, -0.05) is 0 Å². The Bertz CT molecular complexity index is 195. The van der Waals surface area contributed by atoms with E-state index in [9.17, 15) is 9.59 Å². The van der Waals surface area contributed by atoms with E-state index in [2.05, 4.69) is 10.6 Å². The number of piperazine rings is 1. The predicted molar refractivity (Wildman–Crippen MR) is 44.8 cm³/mol. The summed E-state index contributed by atoms with van der Waals surface area (Å²) in [7, 11) is 1.00. The average Bonchev–Trinajstić information content (AvgIpc) is 2.15. The molecule has 0 unspecified atom stereocenters. The van der Waals surface area contributed by atoms with Gasteiger partial charge in [0, 0.05) is 7.11 Å². The summed E-state index contributed by atoms with van der Waals surface area (Å²) in [6.45, 7) is 1.23. The Kier molecular flexibility index (Phi) is 5.01. The molecular formula is C7H14N2O4. The maximum atomic E-state index is 10.9. The Morgan fingerprint density at radius 2 is 1.77 bits per heavy atom. The van der Waals surface area contributed by atoms with E-state index >= 15 is 0 Å². The number of hydrogen-bond donors (Lipinski definition) is 4. The maximum absolute atomic E-state index is 10.9. The van der Waals surface area contributed by atoms with Crippen molar-refractivity contribution < 1.29 is 19.8 Å². The van der Waals surface area contributed by atoms with Crippen LogP contribution in [0, 0.1) is 0 Å². The molecule has 4 N–H and O–H groups in total. The molecule has 2 amide bonds. The zero-order valence-corrected chi connectivity index (χ0v) is 7.57. The van der Waals surface area contributed by atoms with Crippen LogP contribution in [0.15, 0.2) is 0 Å². The fourth-order valence-corrected chi connectivity index (χ4v) is 0.870. The highest BCUT2D eigenvalue weighted by Crippen LogP contribution is 1.94. The van der Waals surface area contributed by atoms with Crippen molar-refractivity contribution >= 4 is 11.8 Å². The molecule has 0 spiro atoms. The second kappa shape index (κ2) is 5.50. The minimum absolute atomic E-state index is 0.261. The third-order valence-corrected chi connectivity index (χ3v) is 1.57. The molecule has 0 radical (unpaired) electrons. The van der Waals surface area contributed by atoms with Crippen molar-refractivity contribution in [3.63, 3.8) is 0 Å². The quantitative estimate of drug-likeness (QED) is 0.370. The van der Waals surface area contributed by atoms with Gasteiger partial charge in [0.25, 0.3) is 0 Å². The molecule has 0 bridgehead atoms. The molecule has 0 aliphatic carbocycles. The molecule has 2 atom stereocenters. The Morgan fingerprint density at radius 3 is 2.23 bits per heavy atom. The van der Waals surface area contributed by atoms with Crippen molar-refractivity contribution in [2.45, 2.75) is 19.0 Å². The highest BCUT2D eigenvalue weighted by Gasteiger charge is 2.29. The number of aliphatic hydroxyl groups is 2. The van der Waals surface area contributed by atoms with E-state index in [1.54, 1.807) is 6.92 Å². The van der Waals surface area contributed by atoms with Crippen LogP contribution in [-0.4, -0.2) is 47.8 Å². The lowest BCUT2D eigenvalue weighted by molar-refractivity contribution is -0.137. The first-order valence-corrected chi connectivity index (χ1v) is 3.81. The molecular weight excluding hydrogens is 176 g/mol. The van der Waals surface area contributed by atoms with Crippen molar-refractivity contribution in [3.8, 4) is 0 Å². The Balaban J connectivity index is 0.000000671. The third-order valence-electron chi connectivity index (χ3n) is 1.57. The number of aliphatic hydroxyl groups excluding tert-OH is 2. The lowest BCUT2D eigenvalue weighted by Crippen LogP contribution is -2.61. The largest absolute Gasteiger partial charge is 0.400 e. The Labute approximate surface area is 75.9 Å². The van der Waals surface area contributed by atoms with Crippen LogP contribution in [0.4, 0.5) is 0 Å². The maximum Gasteiger partial charge on any atom is 0.245 e. The molecule has 0 aromatic rings. The minimum Gasteiger partial charge on any atom is -0.400 e. The van der Waals surface area contributed by atoms with Crippen LogP contribution in [0.1, 0.15) is 6.92 Å².